The lowest BCUT2D eigenvalue weighted by atomic mass is 10.1. The number of rotatable bonds is 9. The lowest BCUT2D eigenvalue weighted by molar-refractivity contribution is -0.137. The summed E-state index contributed by atoms with van der Waals surface area (Å²) >= 11 is 0. The molecular weight excluding hydrogens is 436 g/mol. The highest BCUT2D eigenvalue weighted by molar-refractivity contribution is 6.06. The second-order valence-corrected chi connectivity index (χ2v) is 7.11. The molecule has 0 atom stereocenters. The summed E-state index contributed by atoms with van der Waals surface area (Å²) in [6, 6.07) is 18.1. The molecule has 0 unspecified atom stereocenters. The number of amides is 1. The molecule has 0 saturated carbocycles. The Bertz CT molecular complexity index is 1190. The summed E-state index contributed by atoms with van der Waals surface area (Å²) in [5.41, 5.74) is 1.35. The van der Waals surface area contributed by atoms with E-state index in [1.54, 1.807) is 62.6 Å². The van der Waals surface area contributed by atoms with Crippen molar-refractivity contribution in [1.82, 2.24) is 5.32 Å². The molecule has 2 N–H and O–H groups in total. The second-order valence-electron chi connectivity index (χ2n) is 7.11. The van der Waals surface area contributed by atoms with E-state index in [4.69, 9.17) is 24.4 Å². The molecule has 0 saturated heterocycles. The predicted molar refractivity (Wildman–Crippen MR) is 128 cm³/mol. The largest absolute Gasteiger partial charge is 0.497 e. The predicted octanol–water partition coefficient (Wildman–Crippen LogP) is 4.60. The van der Waals surface area contributed by atoms with E-state index in [0.717, 1.165) is 22.1 Å². The van der Waals surface area contributed by atoms with Crippen molar-refractivity contribution in [2.24, 2.45) is 0 Å². The standard InChI is InChI=1S/C26H26N2O6/c1-3-32-24(29)5-4-14-33-23-13-10-19-15-21(9-8-20(19)16-23)25(27)28-26(30)34-17-18-6-11-22(31-2)12-7-18/h4-13,15-16H,3,14,17H2,1-2H3,(H2,27,28,30)/b5-4+. The zero-order valence-electron chi connectivity index (χ0n) is 19.0. The van der Waals surface area contributed by atoms with Gasteiger partial charge in [-0.25, -0.2) is 9.59 Å². The van der Waals surface area contributed by atoms with Crippen molar-refractivity contribution in [3.05, 3.63) is 83.9 Å². The van der Waals surface area contributed by atoms with Gasteiger partial charge < -0.3 is 18.9 Å². The molecule has 3 rings (SSSR count). The maximum Gasteiger partial charge on any atom is 0.413 e. The normalized spacial score (nSPS) is 10.6. The fourth-order valence-electron chi connectivity index (χ4n) is 3.03. The SMILES string of the molecule is CCOC(=O)/C=C/COc1ccc2cc(C(=N)NC(=O)OCc3ccc(OC)cc3)ccc2c1. The zero-order valence-corrected chi connectivity index (χ0v) is 19.0. The van der Waals surface area contributed by atoms with Crippen molar-refractivity contribution in [3.8, 4) is 11.5 Å². The Morgan fingerprint density at radius 2 is 1.65 bits per heavy atom. The number of amidine groups is 1. The topological polar surface area (TPSA) is 107 Å². The molecule has 0 aliphatic heterocycles. The van der Waals surface area contributed by atoms with Crippen LogP contribution in [0.15, 0.2) is 72.8 Å². The quantitative estimate of drug-likeness (QED) is 0.208. The lowest BCUT2D eigenvalue weighted by Crippen LogP contribution is -2.30. The number of esters is 1. The number of nitrogens with one attached hydrogen (secondary N) is 2. The van der Waals surface area contributed by atoms with Crippen LogP contribution in [0.25, 0.3) is 10.8 Å². The number of fused-ring (bicyclic) bond motifs is 1. The molecule has 0 spiro atoms. The van der Waals surface area contributed by atoms with E-state index in [1.807, 2.05) is 18.2 Å². The Hall–Kier alpha value is -4.33. The summed E-state index contributed by atoms with van der Waals surface area (Å²) in [4.78, 5) is 23.4. The number of benzene rings is 3. The number of hydrogen-bond donors (Lipinski definition) is 2. The maximum atomic E-state index is 12.1. The summed E-state index contributed by atoms with van der Waals surface area (Å²) < 4.78 is 20.7. The van der Waals surface area contributed by atoms with Crippen LogP contribution in [0.5, 0.6) is 11.5 Å². The second kappa shape index (κ2) is 12.1. The lowest BCUT2D eigenvalue weighted by Gasteiger charge is -2.10. The van der Waals surface area contributed by atoms with Crippen molar-refractivity contribution in [1.29, 1.82) is 5.41 Å². The van der Waals surface area contributed by atoms with Gasteiger partial charge in [0.1, 0.15) is 30.5 Å². The van der Waals surface area contributed by atoms with E-state index in [9.17, 15) is 9.59 Å². The molecular formula is C26H26N2O6. The molecule has 3 aromatic rings. The van der Waals surface area contributed by atoms with E-state index in [0.29, 0.717) is 17.9 Å². The first-order valence-electron chi connectivity index (χ1n) is 10.6. The van der Waals surface area contributed by atoms with Gasteiger partial charge in [0.2, 0.25) is 0 Å². The molecule has 3 aromatic carbocycles. The van der Waals surface area contributed by atoms with E-state index < -0.39 is 12.1 Å². The molecule has 0 aliphatic rings. The van der Waals surface area contributed by atoms with Crippen molar-refractivity contribution < 1.29 is 28.5 Å². The van der Waals surface area contributed by atoms with Gasteiger partial charge in [-0.2, -0.15) is 0 Å². The number of methoxy groups -OCH3 is 1. The smallest absolute Gasteiger partial charge is 0.413 e. The summed E-state index contributed by atoms with van der Waals surface area (Å²) in [5, 5.41) is 12.4. The molecule has 0 aromatic heterocycles. The summed E-state index contributed by atoms with van der Waals surface area (Å²) in [7, 11) is 1.58. The van der Waals surface area contributed by atoms with E-state index in [1.165, 1.54) is 6.08 Å². The van der Waals surface area contributed by atoms with Crippen LogP contribution in [0, 0.1) is 5.41 Å². The van der Waals surface area contributed by atoms with Gasteiger partial charge in [0, 0.05) is 11.6 Å². The van der Waals surface area contributed by atoms with Crippen molar-refractivity contribution in [3.63, 3.8) is 0 Å². The van der Waals surface area contributed by atoms with Crippen LogP contribution in [0.1, 0.15) is 18.1 Å². The minimum absolute atomic E-state index is 0.0638. The van der Waals surface area contributed by atoms with Crippen LogP contribution in [0.3, 0.4) is 0 Å². The van der Waals surface area contributed by atoms with Crippen LogP contribution in [-0.2, 0) is 20.9 Å². The Kier molecular flexibility index (Phi) is 8.62. The summed E-state index contributed by atoms with van der Waals surface area (Å²) in [6.45, 7) is 2.39. The van der Waals surface area contributed by atoms with E-state index in [2.05, 4.69) is 5.32 Å². The molecule has 8 heteroatoms. The van der Waals surface area contributed by atoms with E-state index >= 15 is 0 Å². The third-order valence-corrected chi connectivity index (χ3v) is 4.74. The highest BCUT2D eigenvalue weighted by atomic mass is 16.5. The Morgan fingerprint density at radius 3 is 2.38 bits per heavy atom. The fraction of sp³-hybridized carbons (Fsp3) is 0.192. The van der Waals surface area contributed by atoms with Crippen LogP contribution in [-0.4, -0.2) is 38.2 Å². The van der Waals surface area contributed by atoms with Gasteiger partial charge in [0.25, 0.3) is 0 Å². The number of alkyl carbamates (subject to hydrolysis) is 1. The molecule has 0 radical (unpaired) electrons. The van der Waals surface area contributed by atoms with Crippen LogP contribution in [0.4, 0.5) is 4.79 Å². The first kappa shape index (κ1) is 24.3. The van der Waals surface area contributed by atoms with Crippen molar-refractivity contribution in [2.45, 2.75) is 13.5 Å². The van der Waals surface area contributed by atoms with Gasteiger partial charge in [-0.15, -0.1) is 0 Å². The van der Waals surface area contributed by atoms with Gasteiger partial charge in [0.15, 0.2) is 0 Å². The third kappa shape index (κ3) is 7.09. The molecule has 176 valence electrons. The first-order chi connectivity index (χ1) is 16.5. The summed E-state index contributed by atoms with van der Waals surface area (Å²) in [6.07, 6.45) is 2.21. The van der Waals surface area contributed by atoms with Gasteiger partial charge in [0.05, 0.1) is 13.7 Å². The minimum atomic E-state index is -0.708. The zero-order chi connectivity index (χ0) is 24.3. The average molecular weight is 463 g/mol. The van der Waals surface area contributed by atoms with Crippen LogP contribution < -0.4 is 14.8 Å². The molecule has 0 heterocycles. The average Bonchev–Trinajstić information content (AvgIpc) is 2.85. The maximum absolute atomic E-state index is 12.1. The molecule has 8 nitrogen and oxygen atoms in total. The fourth-order valence-corrected chi connectivity index (χ4v) is 3.03. The van der Waals surface area contributed by atoms with Gasteiger partial charge in [-0.1, -0.05) is 30.3 Å². The van der Waals surface area contributed by atoms with Crippen molar-refractivity contribution >= 4 is 28.7 Å². The number of ether oxygens (including phenoxy) is 4. The minimum Gasteiger partial charge on any atom is -0.497 e. The Labute approximate surface area is 197 Å². The highest BCUT2D eigenvalue weighted by Gasteiger charge is 2.09. The van der Waals surface area contributed by atoms with Gasteiger partial charge in [-0.3, -0.25) is 10.7 Å². The number of carbonyl (C=O) groups excluding carboxylic acids is 2. The van der Waals surface area contributed by atoms with Gasteiger partial charge in [-0.05, 0) is 59.7 Å². The number of hydrogen-bond acceptors (Lipinski definition) is 7. The Balaban J connectivity index is 1.53. The van der Waals surface area contributed by atoms with Crippen LogP contribution in [0.2, 0.25) is 0 Å². The highest BCUT2D eigenvalue weighted by Crippen LogP contribution is 2.22. The first-order valence-corrected chi connectivity index (χ1v) is 10.6. The monoisotopic (exact) mass is 462 g/mol. The number of carbonyl (C=O) groups is 2. The summed E-state index contributed by atoms with van der Waals surface area (Å²) in [5.74, 6) is 0.892. The molecule has 0 aliphatic carbocycles. The third-order valence-electron chi connectivity index (χ3n) is 4.74. The van der Waals surface area contributed by atoms with E-state index in [-0.39, 0.29) is 19.0 Å². The molecule has 0 fully saturated rings. The Morgan fingerprint density at radius 1 is 0.941 bits per heavy atom. The van der Waals surface area contributed by atoms with Gasteiger partial charge >= 0.3 is 12.1 Å². The molecule has 1 amide bonds. The van der Waals surface area contributed by atoms with Crippen LogP contribution >= 0.6 is 0 Å². The molecule has 0 bridgehead atoms. The van der Waals surface area contributed by atoms with Crippen molar-refractivity contribution in [2.75, 3.05) is 20.3 Å². The molecule has 34 heavy (non-hydrogen) atoms.